The van der Waals surface area contributed by atoms with Gasteiger partial charge in [0.2, 0.25) is 0 Å². The highest BCUT2D eigenvalue weighted by molar-refractivity contribution is 5.97. The number of fused-ring (bicyclic) bond motifs is 1. The number of benzene rings is 1. The summed E-state index contributed by atoms with van der Waals surface area (Å²) in [6.45, 7) is 5.41. The van der Waals surface area contributed by atoms with Gasteiger partial charge in [-0.05, 0) is 13.0 Å². The summed E-state index contributed by atoms with van der Waals surface area (Å²) in [6.07, 6.45) is 0.419. The number of hydrogen-bond donors (Lipinski definition) is 0. The Morgan fingerprint density at radius 3 is 2.71 bits per heavy atom. The van der Waals surface area contributed by atoms with Gasteiger partial charge in [0.15, 0.2) is 0 Å². The Morgan fingerprint density at radius 1 is 1.41 bits per heavy atom. The van der Waals surface area contributed by atoms with Gasteiger partial charge in [-0.15, -0.1) is 0 Å². The number of esters is 1. The second-order valence-corrected chi connectivity index (χ2v) is 4.62. The molecule has 0 saturated carbocycles. The molecule has 1 aromatic carbocycles. The zero-order chi connectivity index (χ0) is 12.6. The molecule has 1 aromatic rings. The molecule has 0 fully saturated rings. The molecule has 3 nitrogen and oxygen atoms in total. The molecule has 1 heterocycles. The monoisotopic (exact) mass is 232 g/mol. The van der Waals surface area contributed by atoms with Gasteiger partial charge in [-0.1, -0.05) is 32.0 Å². The van der Waals surface area contributed by atoms with Crippen molar-refractivity contribution >= 4 is 11.8 Å². The first-order valence-corrected chi connectivity index (χ1v) is 5.86. The lowest BCUT2D eigenvalue weighted by atomic mass is 9.67. The van der Waals surface area contributed by atoms with Gasteiger partial charge in [0, 0.05) is 12.0 Å². The molecule has 1 aliphatic heterocycles. The molecule has 90 valence electrons. The lowest BCUT2D eigenvalue weighted by Crippen LogP contribution is -2.47. The van der Waals surface area contributed by atoms with Gasteiger partial charge in [-0.3, -0.25) is 9.59 Å². The van der Waals surface area contributed by atoms with E-state index in [0.29, 0.717) is 12.2 Å². The van der Waals surface area contributed by atoms with Crippen LogP contribution in [-0.4, -0.2) is 11.8 Å². The van der Waals surface area contributed by atoms with E-state index in [1.807, 2.05) is 26.0 Å². The van der Waals surface area contributed by atoms with Gasteiger partial charge in [0.25, 0.3) is 0 Å². The number of hydrogen-bond acceptors (Lipinski definition) is 3. The fraction of sp³-hybridized carbons (Fsp3) is 0.429. The normalized spacial score (nSPS) is 27.2. The summed E-state index contributed by atoms with van der Waals surface area (Å²) in [7, 11) is 0. The van der Waals surface area contributed by atoms with Crippen LogP contribution < -0.4 is 4.74 Å². The second kappa shape index (κ2) is 3.99. The summed E-state index contributed by atoms with van der Waals surface area (Å²) in [5, 5.41) is 0. The van der Waals surface area contributed by atoms with Crippen molar-refractivity contribution in [1.29, 1.82) is 0 Å². The number of ketones is 1. The maximum absolute atomic E-state index is 12.2. The number of ether oxygens (including phenoxy) is 1. The average Bonchev–Trinajstić information content (AvgIpc) is 2.35. The van der Waals surface area contributed by atoms with Crippen LogP contribution in [0.25, 0.3) is 0 Å². The minimum atomic E-state index is -0.763. The van der Waals surface area contributed by atoms with Gasteiger partial charge in [0.1, 0.15) is 11.5 Å². The molecule has 3 heteroatoms. The Morgan fingerprint density at radius 2 is 2.06 bits per heavy atom. The van der Waals surface area contributed by atoms with Crippen LogP contribution in [0.3, 0.4) is 0 Å². The van der Waals surface area contributed by atoms with E-state index in [2.05, 4.69) is 0 Å². The molecule has 1 aliphatic rings. The maximum Gasteiger partial charge on any atom is 0.315 e. The third-order valence-electron chi connectivity index (χ3n) is 3.78. The van der Waals surface area contributed by atoms with Gasteiger partial charge < -0.3 is 4.74 Å². The largest absolute Gasteiger partial charge is 0.426 e. The molecular formula is C14H16O3. The van der Waals surface area contributed by atoms with Crippen molar-refractivity contribution in [3.63, 3.8) is 0 Å². The van der Waals surface area contributed by atoms with E-state index in [0.717, 1.165) is 5.56 Å². The van der Waals surface area contributed by atoms with Crippen LogP contribution in [0.2, 0.25) is 0 Å². The molecule has 0 bridgehead atoms. The van der Waals surface area contributed by atoms with Crippen LogP contribution in [0.15, 0.2) is 24.3 Å². The third-order valence-corrected chi connectivity index (χ3v) is 3.78. The highest BCUT2D eigenvalue weighted by Crippen LogP contribution is 2.43. The van der Waals surface area contributed by atoms with Crippen LogP contribution in [0.5, 0.6) is 5.75 Å². The molecule has 0 amide bonds. The Bertz CT molecular complexity index is 478. The zero-order valence-electron chi connectivity index (χ0n) is 10.3. The summed E-state index contributed by atoms with van der Waals surface area (Å²) in [6, 6.07) is 7.27. The van der Waals surface area contributed by atoms with Crippen LogP contribution in [0.4, 0.5) is 0 Å². The molecule has 2 atom stereocenters. The summed E-state index contributed by atoms with van der Waals surface area (Å²) in [5.74, 6) is -0.174. The Kier molecular flexibility index (Phi) is 2.77. The first-order valence-electron chi connectivity index (χ1n) is 5.86. The first kappa shape index (κ1) is 11.8. The van der Waals surface area contributed by atoms with E-state index in [9.17, 15) is 9.59 Å². The molecule has 17 heavy (non-hydrogen) atoms. The van der Waals surface area contributed by atoms with E-state index in [1.54, 1.807) is 19.1 Å². The van der Waals surface area contributed by atoms with Crippen molar-refractivity contribution < 1.29 is 14.3 Å². The number of carbonyl (C=O) groups is 2. The van der Waals surface area contributed by atoms with Crippen molar-refractivity contribution in [2.75, 3.05) is 0 Å². The van der Waals surface area contributed by atoms with E-state index < -0.39 is 11.3 Å². The Labute approximate surface area is 101 Å². The fourth-order valence-electron chi connectivity index (χ4n) is 2.41. The molecule has 0 saturated heterocycles. The van der Waals surface area contributed by atoms with Crippen molar-refractivity contribution in [1.82, 2.24) is 0 Å². The summed E-state index contributed by atoms with van der Waals surface area (Å²) >= 11 is 0. The Balaban J connectivity index is 2.64. The standard InChI is InChI=1S/C14H16O3/c1-4-12(15)14(3)9(2)13(16)17-11-8-6-5-7-10(11)14/h5-9H,4H2,1-3H3/t9-,14-/m1/s1. The van der Waals surface area contributed by atoms with Crippen molar-refractivity contribution in [2.45, 2.75) is 32.6 Å². The predicted octanol–water partition coefficient (Wildman–Crippen LogP) is 2.48. The summed E-state index contributed by atoms with van der Waals surface area (Å²) in [5.41, 5.74) is 0.0553. The smallest absolute Gasteiger partial charge is 0.315 e. The molecule has 2 rings (SSSR count). The predicted molar refractivity (Wildman–Crippen MR) is 63.9 cm³/mol. The van der Waals surface area contributed by atoms with Crippen molar-refractivity contribution in [3.05, 3.63) is 29.8 Å². The highest BCUT2D eigenvalue weighted by atomic mass is 16.5. The number of carbonyl (C=O) groups excluding carboxylic acids is 2. The van der Waals surface area contributed by atoms with Crippen molar-refractivity contribution in [2.24, 2.45) is 5.92 Å². The molecule has 0 aromatic heterocycles. The molecule has 0 N–H and O–H groups in total. The highest BCUT2D eigenvalue weighted by Gasteiger charge is 2.48. The average molecular weight is 232 g/mol. The van der Waals surface area contributed by atoms with E-state index in [4.69, 9.17) is 4.74 Å². The zero-order valence-corrected chi connectivity index (χ0v) is 10.3. The van der Waals surface area contributed by atoms with Gasteiger partial charge >= 0.3 is 5.97 Å². The van der Waals surface area contributed by atoms with E-state index in [1.165, 1.54) is 0 Å². The summed E-state index contributed by atoms with van der Waals surface area (Å²) < 4.78 is 5.24. The van der Waals surface area contributed by atoms with E-state index >= 15 is 0 Å². The Hall–Kier alpha value is -1.64. The van der Waals surface area contributed by atoms with Crippen LogP contribution >= 0.6 is 0 Å². The number of rotatable bonds is 2. The lowest BCUT2D eigenvalue weighted by molar-refractivity contribution is -0.146. The number of Topliss-reactive ketones (excluding diaryl/α,β-unsaturated/α-hetero) is 1. The SMILES string of the molecule is CCC(=O)[C@@]1(C)c2ccccc2OC(=O)[C@H]1C. The summed E-state index contributed by atoms with van der Waals surface area (Å²) in [4.78, 5) is 24.0. The topological polar surface area (TPSA) is 43.4 Å². The lowest BCUT2D eigenvalue weighted by Gasteiger charge is -2.38. The number of para-hydroxylation sites is 1. The van der Waals surface area contributed by atoms with Gasteiger partial charge in [-0.2, -0.15) is 0 Å². The van der Waals surface area contributed by atoms with Crippen LogP contribution in [0, 0.1) is 5.92 Å². The minimum absolute atomic E-state index is 0.0779. The van der Waals surface area contributed by atoms with Crippen LogP contribution in [-0.2, 0) is 15.0 Å². The van der Waals surface area contributed by atoms with Crippen molar-refractivity contribution in [3.8, 4) is 5.75 Å². The van der Waals surface area contributed by atoms with Gasteiger partial charge in [0.05, 0.1) is 11.3 Å². The quantitative estimate of drug-likeness (QED) is 0.581. The second-order valence-electron chi connectivity index (χ2n) is 4.62. The maximum atomic E-state index is 12.2. The molecule has 0 radical (unpaired) electrons. The minimum Gasteiger partial charge on any atom is -0.426 e. The van der Waals surface area contributed by atoms with Crippen LogP contribution in [0.1, 0.15) is 32.8 Å². The molecule has 0 aliphatic carbocycles. The van der Waals surface area contributed by atoms with Gasteiger partial charge in [-0.25, -0.2) is 0 Å². The van der Waals surface area contributed by atoms with E-state index in [-0.39, 0.29) is 11.8 Å². The molecule has 0 unspecified atom stereocenters. The first-order chi connectivity index (χ1) is 8.01. The molecular weight excluding hydrogens is 216 g/mol. The third kappa shape index (κ3) is 1.57. The fourth-order valence-corrected chi connectivity index (χ4v) is 2.41. The molecule has 0 spiro atoms.